The van der Waals surface area contributed by atoms with Gasteiger partial charge in [0.05, 0.1) is 5.69 Å². The van der Waals surface area contributed by atoms with Crippen LogP contribution in [-0.4, -0.2) is 36.8 Å². The van der Waals surface area contributed by atoms with Gasteiger partial charge in [0.1, 0.15) is 10.6 Å². The Morgan fingerprint density at radius 3 is 2.70 bits per heavy atom. The van der Waals surface area contributed by atoms with E-state index in [1.807, 2.05) is 30.1 Å². The Hall–Kier alpha value is -2.67. The van der Waals surface area contributed by atoms with Crippen LogP contribution < -0.4 is 10.2 Å². The average Bonchev–Trinajstić information content (AvgIpc) is 3.11. The van der Waals surface area contributed by atoms with Gasteiger partial charge >= 0.3 is 5.97 Å². The molecule has 2 aromatic rings. The zero-order chi connectivity index (χ0) is 19.8. The van der Waals surface area contributed by atoms with Crippen LogP contribution in [-0.2, 0) is 14.9 Å². The summed E-state index contributed by atoms with van der Waals surface area (Å²) in [6.07, 6.45) is 1.57. The summed E-state index contributed by atoms with van der Waals surface area (Å²) in [6, 6.07) is 8.09. The predicted octanol–water partition coefficient (Wildman–Crippen LogP) is 3.53. The lowest BCUT2D eigenvalue weighted by atomic mass is 9.83. The van der Waals surface area contributed by atoms with Crippen molar-refractivity contribution < 1.29 is 14.3 Å². The molecule has 0 bridgehead atoms. The number of para-hydroxylation sites is 1. The number of fused-ring (bicyclic) bond motifs is 1. The fourth-order valence-corrected chi connectivity index (χ4v) is 4.18. The molecular weight excluding hydrogens is 362 g/mol. The molecule has 0 radical (unpaired) electrons. The monoisotopic (exact) mass is 385 g/mol. The number of hydrogen-bond acceptors (Lipinski definition) is 7. The van der Waals surface area contributed by atoms with Crippen LogP contribution in [0.4, 0.5) is 10.7 Å². The van der Waals surface area contributed by atoms with Crippen molar-refractivity contribution in [3.8, 4) is 0 Å². The van der Waals surface area contributed by atoms with Gasteiger partial charge in [0.15, 0.2) is 12.4 Å². The van der Waals surface area contributed by atoms with Gasteiger partial charge in [0, 0.05) is 37.0 Å². The Bertz CT molecular complexity index is 930. The molecule has 0 atom stereocenters. The maximum atomic E-state index is 12.5. The number of anilines is 2. The normalized spacial score (nSPS) is 16.3. The molecule has 6 nitrogen and oxygen atoms in total. The lowest BCUT2D eigenvalue weighted by Crippen LogP contribution is -2.25. The Labute approximate surface area is 163 Å². The standard InChI is InChI=1S/C20H23N3O3S/c1-12-17(18(21-4)27-22-12)19(25)26-11-13(24)10-16-20(2,3)14-8-6-7-9-15(14)23(16)5/h6-10,21H,11H2,1-5H3/b16-10+. The van der Waals surface area contributed by atoms with Crippen LogP contribution in [0.1, 0.15) is 35.5 Å². The molecule has 0 amide bonds. The van der Waals surface area contributed by atoms with Crippen LogP contribution in [0.25, 0.3) is 0 Å². The van der Waals surface area contributed by atoms with Gasteiger partial charge in [-0.1, -0.05) is 32.0 Å². The third kappa shape index (κ3) is 3.35. The fourth-order valence-electron chi connectivity index (χ4n) is 3.44. The van der Waals surface area contributed by atoms with Crippen molar-refractivity contribution >= 4 is 34.0 Å². The summed E-state index contributed by atoms with van der Waals surface area (Å²) in [5, 5.41) is 3.56. The molecule has 1 aliphatic heterocycles. The van der Waals surface area contributed by atoms with Crippen molar-refractivity contribution in [2.75, 3.05) is 30.9 Å². The number of nitrogens with zero attached hydrogens (tertiary/aromatic N) is 2. The number of ether oxygens (including phenoxy) is 1. The Balaban J connectivity index is 1.74. The highest BCUT2D eigenvalue weighted by molar-refractivity contribution is 7.10. The van der Waals surface area contributed by atoms with Crippen molar-refractivity contribution in [2.24, 2.45) is 0 Å². The molecule has 2 heterocycles. The van der Waals surface area contributed by atoms with Gasteiger partial charge in [-0.05, 0) is 30.1 Å². The number of carbonyl (C=O) groups excluding carboxylic acids is 2. The average molecular weight is 385 g/mol. The van der Waals surface area contributed by atoms with Gasteiger partial charge < -0.3 is 15.0 Å². The molecule has 0 saturated carbocycles. The van der Waals surface area contributed by atoms with Crippen molar-refractivity contribution in [1.29, 1.82) is 0 Å². The van der Waals surface area contributed by atoms with Crippen LogP contribution in [0.15, 0.2) is 36.0 Å². The third-order valence-electron chi connectivity index (χ3n) is 4.88. The number of esters is 1. The van der Waals surface area contributed by atoms with Gasteiger partial charge in [-0.25, -0.2) is 4.79 Å². The second kappa shape index (κ2) is 7.15. The molecule has 1 aromatic heterocycles. The van der Waals surface area contributed by atoms with Crippen LogP contribution in [0.5, 0.6) is 0 Å². The quantitative estimate of drug-likeness (QED) is 0.627. The minimum atomic E-state index is -0.542. The van der Waals surface area contributed by atoms with Crippen molar-refractivity contribution in [1.82, 2.24) is 4.37 Å². The number of likely N-dealkylation sites (N-methyl/N-ethyl adjacent to an activating group) is 1. The lowest BCUT2D eigenvalue weighted by molar-refractivity contribution is -0.117. The number of allylic oxidation sites excluding steroid dienone is 1. The van der Waals surface area contributed by atoms with Crippen LogP contribution in [0.2, 0.25) is 0 Å². The fraction of sp³-hybridized carbons (Fsp3) is 0.350. The predicted molar refractivity (Wildman–Crippen MR) is 108 cm³/mol. The lowest BCUT2D eigenvalue weighted by Gasteiger charge is -2.23. The van der Waals surface area contributed by atoms with E-state index in [0.29, 0.717) is 16.3 Å². The summed E-state index contributed by atoms with van der Waals surface area (Å²) in [5.74, 6) is -0.794. The molecule has 142 valence electrons. The highest BCUT2D eigenvalue weighted by Gasteiger charge is 2.38. The molecule has 0 unspecified atom stereocenters. The number of aromatic nitrogens is 1. The van der Waals surface area contributed by atoms with Crippen molar-refractivity contribution in [2.45, 2.75) is 26.2 Å². The van der Waals surface area contributed by atoms with E-state index in [9.17, 15) is 9.59 Å². The van der Waals surface area contributed by atoms with Crippen molar-refractivity contribution in [3.63, 3.8) is 0 Å². The molecule has 1 aromatic carbocycles. The van der Waals surface area contributed by atoms with Gasteiger partial charge in [-0.15, -0.1) is 0 Å². The number of carbonyl (C=O) groups is 2. The first kappa shape index (κ1) is 19.1. The second-order valence-corrected chi connectivity index (χ2v) is 7.77. The maximum absolute atomic E-state index is 12.5. The number of nitrogens with one attached hydrogen (secondary N) is 1. The molecule has 0 spiro atoms. The molecule has 27 heavy (non-hydrogen) atoms. The van der Waals surface area contributed by atoms with Gasteiger partial charge in [-0.2, -0.15) is 4.37 Å². The summed E-state index contributed by atoms with van der Waals surface area (Å²) in [6.45, 7) is 5.60. The van der Waals surface area contributed by atoms with Crippen LogP contribution in [0.3, 0.4) is 0 Å². The van der Waals surface area contributed by atoms with E-state index < -0.39 is 5.97 Å². The topological polar surface area (TPSA) is 71.5 Å². The van der Waals surface area contributed by atoms with Gasteiger partial charge in [0.25, 0.3) is 0 Å². The minimum Gasteiger partial charge on any atom is -0.454 e. The summed E-state index contributed by atoms with van der Waals surface area (Å²) >= 11 is 1.19. The number of rotatable bonds is 5. The van der Waals surface area contributed by atoms with Crippen LogP contribution >= 0.6 is 11.5 Å². The molecule has 1 N–H and O–H groups in total. The van der Waals surface area contributed by atoms with Crippen molar-refractivity contribution in [3.05, 3.63) is 52.9 Å². The Morgan fingerprint density at radius 2 is 2.04 bits per heavy atom. The van der Waals surface area contributed by atoms with Crippen LogP contribution in [0, 0.1) is 6.92 Å². The summed E-state index contributed by atoms with van der Waals surface area (Å²) < 4.78 is 9.38. The van der Waals surface area contributed by atoms with E-state index in [1.54, 1.807) is 20.0 Å². The Morgan fingerprint density at radius 1 is 1.33 bits per heavy atom. The summed E-state index contributed by atoms with van der Waals surface area (Å²) in [5.41, 5.74) is 3.81. The highest BCUT2D eigenvalue weighted by Crippen LogP contribution is 2.46. The number of hydrogen-bond donors (Lipinski definition) is 1. The van der Waals surface area contributed by atoms with E-state index in [1.165, 1.54) is 17.1 Å². The first-order valence-corrected chi connectivity index (χ1v) is 9.44. The first-order valence-electron chi connectivity index (χ1n) is 8.66. The zero-order valence-corrected chi connectivity index (χ0v) is 16.9. The molecule has 1 aliphatic rings. The van der Waals surface area contributed by atoms with Gasteiger partial charge in [0.2, 0.25) is 0 Å². The summed E-state index contributed by atoms with van der Waals surface area (Å²) in [7, 11) is 3.66. The van der Waals surface area contributed by atoms with E-state index in [-0.39, 0.29) is 17.8 Å². The first-order chi connectivity index (χ1) is 12.8. The van der Waals surface area contributed by atoms with E-state index in [4.69, 9.17) is 4.74 Å². The maximum Gasteiger partial charge on any atom is 0.343 e. The number of aryl methyl sites for hydroxylation is 1. The van der Waals surface area contributed by atoms with E-state index in [0.717, 1.165) is 11.4 Å². The number of benzene rings is 1. The van der Waals surface area contributed by atoms with E-state index >= 15 is 0 Å². The van der Waals surface area contributed by atoms with Gasteiger partial charge in [-0.3, -0.25) is 4.79 Å². The third-order valence-corrected chi connectivity index (χ3v) is 5.83. The smallest absolute Gasteiger partial charge is 0.343 e. The summed E-state index contributed by atoms with van der Waals surface area (Å²) in [4.78, 5) is 26.8. The number of ketones is 1. The van der Waals surface area contributed by atoms with E-state index in [2.05, 4.69) is 29.6 Å². The highest BCUT2D eigenvalue weighted by atomic mass is 32.1. The largest absolute Gasteiger partial charge is 0.454 e. The second-order valence-electron chi connectivity index (χ2n) is 7.00. The molecule has 0 aliphatic carbocycles. The zero-order valence-electron chi connectivity index (χ0n) is 16.1. The minimum absolute atomic E-state index is 0.252. The molecule has 7 heteroatoms. The SMILES string of the molecule is CNc1snc(C)c1C(=O)OCC(=O)/C=C1/N(C)c2ccccc2C1(C)C. The molecule has 3 rings (SSSR count). The molecule has 0 fully saturated rings. The Kier molecular flexibility index (Phi) is 5.06. The molecular formula is C20H23N3O3S. The molecule has 0 saturated heterocycles.